The SMILES string of the molecule is Cc1cccc(NC(=O)C2CCCN(CCCCCn3nnc(-c4ccccc4)n3)C2)n1. The van der Waals surface area contributed by atoms with Crippen molar-refractivity contribution in [3.63, 3.8) is 0 Å². The number of carbonyl (C=O) groups excluding carboxylic acids is 1. The Morgan fingerprint density at radius 2 is 1.91 bits per heavy atom. The Morgan fingerprint density at radius 1 is 1.06 bits per heavy atom. The molecule has 0 bridgehead atoms. The molecule has 0 saturated carbocycles. The summed E-state index contributed by atoms with van der Waals surface area (Å²) in [6, 6.07) is 15.6. The lowest BCUT2D eigenvalue weighted by molar-refractivity contribution is -0.121. The van der Waals surface area contributed by atoms with E-state index in [0.717, 1.165) is 69.5 Å². The monoisotopic (exact) mass is 433 g/mol. The Balaban J connectivity index is 1.15. The number of piperidine rings is 1. The number of rotatable bonds is 9. The number of hydrogen-bond donors (Lipinski definition) is 1. The number of anilines is 1. The minimum Gasteiger partial charge on any atom is -0.310 e. The van der Waals surface area contributed by atoms with E-state index in [1.165, 1.54) is 0 Å². The van der Waals surface area contributed by atoms with Gasteiger partial charge >= 0.3 is 0 Å². The fourth-order valence-corrected chi connectivity index (χ4v) is 4.12. The molecule has 0 radical (unpaired) electrons. The fraction of sp³-hybridized carbons (Fsp3) is 0.458. The maximum absolute atomic E-state index is 12.7. The second-order valence-electron chi connectivity index (χ2n) is 8.43. The standard InChI is InChI=1S/C24H31N7O/c1-19-10-8-14-22(25-19)26-24(32)21-13-9-16-30(18-21)15-6-3-7-17-31-28-23(27-29-31)20-11-4-2-5-12-20/h2,4-5,8,10-12,14,21H,3,6-7,9,13,15-18H2,1H3,(H,25,26,32). The molecular formula is C24H31N7O. The molecule has 0 spiro atoms. The molecule has 3 heterocycles. The van der Waals surface area contributed by atoms with E-state index in [2.05, 4.69) is 30.6 Å². The maximum Gasteiger partial charge on any atom is 0.229 e. The number of amides is 1. The van der Waals surface area contributed by atoms with Crippen molar-refractivity contribution >= 4 is 11.7 Å². The van der Waals surface area contributed by atoms with Crippen molar-refractivity contribution < 1.29 is 4.79 Å². The molecule has 1 saturated heterocycles. The van der Waals surface area contributed by atoms with E-state index in [0.29, 0.717) is 11.6 Å². The van der Waals surface area contributed by atoms with Crippen LogP contribution in [0.2, 0.25) is 0 Å². The van der Waals surface area contributed by atoms with E-state index in [4.69, 9.17) is 0 Å². The van der Waals surface area contributed by atoms with Crippen molar-refractivity contribution in [1.82, 2.24) is 30.1 Å². The first kappa shape index (κ1) is 22.1. The Labute approximate surface area is 189 Å². The summed E-state index contributed by atoms with van der Waals surface area (Å²) in [5.41, 5.74) is 1.89. The molecule has 8 nitrogen and oxygen atoms in total. The van der Waals surface area contributed by atoms with Crippen LogP contribution in [0.4, 0.5) is 5.82 Å². The molecular weight excluding hydrogens is 402 g/mol. The highest BCUT2D eigenvalue weighted by Gasteiger charge is 2.25. The molecule has 1 fully saturated rings. The van der Waals surface area contributed by atoms with Crippen LogP contribution in [0, 0.1) is 12.8 Å². The van der Waals surface area contributed by atoms with Crippen LogP contribution < -0.4 is 5.32 Å². The Hall–Kier alpha value is -3.13. The van der Waals surface area contributed by atoms with Gasteiger partial charge in [-0.3, -0.25) is 4.79 Å². The molecule has 2 aromatic heterocycles. The Kier molecular flexibility index (Phi) is 7.55. The molecule has 0 aliphatic carbocycles. The van der Waals surface area contributed by atoms with E-state index >= 15 is 0 Å². The normalized spacial score (nSPS) is 16.7. The predicted octanol–water partition coefficient (Wildman–Crippen LogP) is 3.56. The first-order chi connectivity index (χ1) is 15.7. The van der Waals surface area contributed by atoms with Crippen LogP contribution in [0.15, 0.2) is 48.5 Å². The van der Waals surface area contributed by atoms with Gasteiger partial charge in [0.2, 0.25) is 11.7 Å². The third kappa shape index (κ3) is 6.20. The lowest BCUT2D eigenvalue weighted by atomic mass is 9.97. The number of benzene rings is 1. The number of unbranched alkanes of at least 4 members (excludes halogenated alkanes) is 2. The van der Waals surface area contributed by atoms with E-state index in [-0.39, 0.29) is 11.8 Å². The number of nitrogens with one attached hydrogen (secondary N) is 1. The van der Waals surface area contributed by atoms with Gasteiger partial charge in [-0.25, -0.2) is 4.98 Å². The first-order valence-electron chi connectivity index (χ1n) is 11.5. The third-order valence-electron chi connectivity index (χ3n) is 5.83. The summed E-state index contributed by atoms with van der Waals surface area (Å²) in [5.74, 6) is 1.43. The predicted molar refractivity (Wildman–Crippen MR) is 124 cm³/mol. The van der Waals surface area contributed by atoms with Gasteiger partial charge in [-0.15, -0.1) is 10.2 Å². The molecule has 8 heteroatoms. The van der Waals surface area contributed by atoms with Crippen molar-refractivity contribution in [3.8, 4) is 11.4 Å². The van der Waals surface area contributed by atoms with Crippen LogP contribution in [-0.4, -0.2) is 55.6 Å². The lowest BCUT2D eigenvalue weighted by Crippen LogP contribution is -2.41. The average molecular weight is 434 g/mol. The molecule has 1 amide bonds. The van der Waals surface area contributed by atoms with Gasteiger partial charge in [0.05, 0.1) is 12.5 Å². The lowest BCUT2D eigenvalue weighted by Gasteiger charge is -2.31. The fourth-order valence-electron chi connectivity index (χ4n) is 4.12. The largest absolute Gasteiger partial charge is 0.310 e. The van der Waals surface area contributed by atoms with Crippen LogP contribution >= 0.6 is 0 Å². The van der Waals surface area contributed by atoms with Crippen LogP contribution in [0.1, 0.15) is 37.8 Å². The van der Waals surface area contributed by atoms with Gasteiger partial charge in [0.25, 0.3) is 0 Å². The van der Waals surface area contributed by atoms with Gasteiger partial charge < -0.3 is 10.2 Å². The summed E-state index contributed by atoms with van der Waals surface area (Å²) in [6.45, 7) is 5.61. The zero-order valence-corrected chi connectivity index (χ0v) is 18.7. The van der Waals surface area contributed by atoms with Crippen molar-refractivity contribution in [2.45, 2.75) is 45.6 Å². The molecule has 1 aliphatic heterocycles. The Bertz CT molecular complexity index is 1000. The van der Waals surface area contributed by atoms with Gasteiger partial charge in [-0.05, 0) is 63.0 Å². The summed E-state index contributed by atoms with van der Waals surface area (Å²) in [6.07, 6.45) is 5.22. The van der Waals surface area contributed by atoms with E-state index in [1.807, 2.05) is 55.5 Å². The molecule has 168 valence electrons. The zero-order chi connectivity index (χ0) is 22.2. The highest BCUT2D eigenvalue weighted by Crippen LogP contribution is 2.19. The quantitative estimate of drug-likeness (QED) is 0.519. The van der Waals surface area contributed by atoms with Gasteiger partial charge in [0, 0.05) is 17.8 Å². The van der Waals surface area contributed by atoms with Gasteiger partial charge in [-0.2, -0.15) is 4.80 Å². The Morgan fingerprint density at radius 3 is 2.75 bits per heavy atom. The van der Waals surface area contributed by atoms with Gasteiger partial charge in [-0.1, -0.05) is 42.8 Å². The number of aryl methyl sites for hydroxylation is 2. The summed E-state index contributed by atoms with van der Waals surface area (Å²) < 4.78 is 0. The third-order valence-corrected chi connectivity index (χ3v) is 5.83. The number of carbonyl (C=O) groups is 1. The van der Waals surface area contributed by atoms with Crippen LogP contribution in [0.5, 0.6) is 0 Å². The van der Waals surface area contributed by atoms with Crippen LogP contribution in [0.25, 0.3) is 11.4 Å². The molecule has 32 heavy (non-hydrogen) atoms. The second kappa shape index (κ2) is 10.9. The molecule has 4 rings (SSSR count). The molecule has 1 atom stereocenters. The molecule has 1 aliphatic rings. The van der Waals surface area contributed by atoms with E-state index in [1.54, 1.807) is 4.80 Å². The molecule has 1 unspecified atom stereocenters. The number of likely N-dealkylation sites (tertiary alicyclic amines) is 1. The minimum atomic E-state index is 0.0295. The highest BCUT2D eigenvalue weighted by molar-refractivity contribution is 5.91. The van der Waals surface area contributed by atoms with E-state index < -0.39 is 0 Å². The van der Waals surface area contributed by atoms with E-state index in [9.17, 15) is 4.79 Å². The van der Waals surface area contributed by atoms with Crippen molar-refractivity contribution in [2.24, 2.45) is 5.92 Å². The number of aromatic nitrogens is 5. The highest BCUT2D eigenvalue weighted by atomic mass is 16.2. The first-order valence-corrected chi connectivity index (χ1v) is 11.5. The van der Waals surface area contributed by atoms with Gasteiger partial charge in [0.15, 0.2) is 0 Å². The maximum atomic E-state index is 12.7. The average Bonchev–Trinajstić information content (AvgIpc) is 3.29. The zero-order valence-electron chi connectivity index (χ0n) is 18.7. The van der Waals surface area contributed by atoms with Gasteiger partial charge in [0.1, 0.15) is 5.82 Å². The van der Waals surface area contributed by atoms with Crippen molar-refractivity contribution in [2.75, 3.05) is 25.0 Å². The summed E-state index contributed by atoms with van der Waals surface area (Å²) >= 11 is 0. The molecule has 3 aromatic rings. The second-order valence-corrected chi connectivity index (χ2v) is 8.43. The van der Waals surface area contributed by atoms with Crippen LogP contribution in [0.3, 0.4) is 0 Å². The summed E-state index contributed by atoms with van der Waals surface area (Å²) in [5, 5.41) is 15.8. The summed E-state index contributed by atoms with van der Waals surface area (Å²) in [7, 11) is 0. The van der Waals surface area contributed by atoms with Crippen molar-refractivity contribution in [1.29, 1.82) is 0 Å². The number of tetrazole rings is 1. The topological polar surface area (TPSA) is 88.8 Å². The summed E-state index contributed by atoms with van der Waals surface area (Å²) in [4.78, 5) is 21.1. The van der Waals surface area contributed by atoms with Crippen LogP contribution in [-0.2, 0) is 11.3 Å². The molecule has 1 aromatic carbocycles. The number of hydrogen-bond acceptors (Lipinski definition) is 6. The number of pyridine rings is 1. The van der Waals surface area contributed by atoms with Crippen molar-refractivity contribution in [3.05, 3.63) is 54.2 Å². The molecule has 1 N–H and O–H groups in total. The smallest absolute Gasteiger partial charge is 0.229 e. The minimum absolute atomic E-state index is 0.0295. The number of nitrogens with zero attached hydrogens (tertiary/aromatic N) is 6.